The molecule has 168 valence electrons. The number of nitrogens with zero attached hydrogens (tertiary/aromatic N) is 2. The zero-order chi connectivity index (χ0) is 21.9. The molecule has 0 aliphatic carbocycles. The Balaban J connectivity index is 1.10. The van der Waals surface area contributed by atoms with E-state index >= 15 is 0 Å². The van der Waals surface area contributed by atoms with Gasteiger partial charge in [-0.1, -0.05) is 18.2 Å². The molecule has 0 radical (unpaired) electrons. The normalized spacial score (nSPS) is 18.2. The lowest BCUT2D eigenvalue weighted by atomic mass is 9.89. The van der Waals surface area contributed by atoms with Crippen molar-refractivity contribution in [3.05, 3.63) is 60.3 Å². The minimum atomic E-state index is 0.102. The monoisotopic (exact) mass is 432 g/mol. The highest BCUT2D eigenvalue weighted by Gasteiger charge is 2.27. The fourth-order valence-electron chi connectivity index (χ4n) is 5.17. The molecule has 2 aliphatic heterocycles. The molecule has 0 spiro atoms. The summed E-state index contributed by atoms with van der Waals surface area (Å²) in [5.74, 6) is 1.40. The lowest BCUT2D eigenvalue weighted by molar-refractivity contribution is 0.176. The van der Waals surface area contributed by atoms with Gasteiger partial charge >= 0.3 is 6.03 Å². The number of carbonyl (C=O) groups is 1. The summed E-state index contributed by atoms with van der Waals surface area (Å²) in [6.45, 7) is 3.56. The number of fused-ring (bicyclic) bond motifs is 1. The Hall–Kier alpha value is -3.15. The van der Waals surface area contributed by atoms with Gasteiger partial charge in [0.25, 0.3) is 0 Å². The minimum Gasteiger partial charge on any atom is -0.497 e. The molecule has 2 aromatic carbocycles. The number of ether oxygens (including phenoxy) is 1. The zero-order valence-electron chi connectivity index (χ0n) is 18.7. The maximum atomic E-state index is 12.9. The van der Waals surface area contributed by atoms with E-state index in [0.717, 1.165) is 57.6 Å². The molecule has 2 N–H and O–H groups in total. The Morgan fingerprint density at radius 2 is 1.69 bits per heavy atom. The van der Waals surface area contributed by atoms with Crippen molar-refractivity contribution in [3.63, 3.8) is 0 Å². The van der Waals surface area contributed by atoms with E-state index in [1.165, 1.54) is 22.2 Å². The average Bonchev–Trinajstić information content (AvgIpc) is 3.29. The van der Waals surface area contributed by atoms with Crippen LogP contribution in [0.4, 0.5) is 10.5 Å². The van der Waals surface area contributed by atoms with Crippen molar-refractivity contribution in [1.29, 1.82) is 0 Å². The predicted octanol–water partition coefficient (Wildman–Crippen LogP) is 4.73. The summed E-state index contributed by atoms with van der Waals surface area (Å²) in [7, 11) is 1.69. The quantitative estimate of drug-likeness (QED) is 0.626. The number of H-pyrrole nitrogens is 1. The van der Waals surface area contributed by atoms with Crippen molar-refractivity contribution in [2.75, 3.05) is 38.2 Å². The van der Waals surface area contributed by atoms with Crippen LogP contribution in [0.2, 0.25) is 0 Å². The van der Waals surface area contributed by atoms with Crippen molar-refractivity contribution in [2.45, 2.75) is 37.6 Å². The van der Waals surface area contributed by atoms with Crippen LogP contribution in [0.25, 0.3) is 10.9 Å². The van der Waals surface area contributed by atoms with E-state index in [2.05, 4.69) is 57.8 Å². The van der Waals surface area contributed by atoms with E-state index in [1.807, 2.05) is 17.0 Å². The number of aromatic nitrogens is 1. The predicted molar refractivity (Wildman–Crippen MR) is 129 cm³/mol. The lowest BCUT2D eigenvalue weighted by Gasteiger charge is -2.36. The number of nitrogens with one attached hydrogen (secondary N) is 2. The number of likely N-dealkylation sites (tertiary alicyclic amines) is 1. The van der Waals surface area contributed by atoms with Crippen LogP contribution in [0.3, 0.4) is 0 Å². The van der Waals surface area contributed by atoms with Gasteiger partial charge in [-0.25, -0.2) is 4.79 Å². The molecule has 0 atom stereocenters. The summed E-state index contributed by atoms with van der Waals surface area (Å²) in [5.41, 5.74) is 3.81. The van der Waals surface area contributed by atoms with Gasteiger partial charge in [0.05, 0.1) is 7.11 Å². The van der Waals surface area contributed by atoms with Crippen LogP contribution in [-0.2, 0) is 0 Å². The third kappa shape index (κ3) is 4.27. The van der Waals surface area contributed by atoms with Crippen LogP contribution in [0, 0.1) is 0 Å². The number of carbonyl (C=O) groups excluding carboxylic acids is 1. The van der Waals surface area contributed by atoms with Gasteiger partial charge in [0.15, 0.2) is 0 Å². The molecule has 1 aromatic heterocycles. The number of anilines is 1. The highest BCUT2D eigenvalue weighted by Crippen LogP contribution is 2.33. The maximum Gasteiger partial charge on any atom is 0.317 e. The number of aromatic amines is 1. The minimum absolute atomic E-state index is 0.102. The molecule has 3 heterocycles. The fourth-order valence-corrected chi connectivity index (χ4v) is 5.17. The van der Waals surface area contributed by atoms with Crippen molar-refractivity contribution in [3.8, 4) is 5.75 Å². The molecular formula is C26H32N4O2. The van der Waals surface area contributed by atoms with E-state index in [4.69, 9.17) is 4.74 Å². The van der Waals surface area contributed by atoms with E-state index in [0.29, 0.717) is 5.92 Å². The second kappa shape index (κ2) is 9.15. The molecule has 6 heteroatoms. The second-order valence-electron chi connectivity index (χ2n) is 8.96. The van der Waals surface area contributed by atoms with Gasteiger partial charge in [0.2, 0.25) is 0 Å². The number of amides is 2. The number of hydrogen-bond donors (Lipinski definition) is 2. The molecular weight excluding hydrogens is 400 g/mol. The number of rotatable bonds is 4. The van der Waals surface area contributed by atoms with Gasteiger partial charge < -0.3 is 24.8 Å². The van der Waals surface area contributed by atoms with Gasteiger partial charge in [-0.3, -0.25) is 0 Å². The Kier molecular flexibility index (Phi) is 5.93. The van der Waals surface area contributed by atoms with Crippen LogP contribution in [0.15, 0.2) is 54.7 Å². The molecule has 2 aliphatic rings. The van der Waals surface area contributed by atoms with Crippen molar-refractivity contribution in [2.24, 2.45) is 0 Å². The van der Waals surface area contributed by atoms with Gasteiger partial charge in [0, 0.05) is 55.0 Å². The Morgan fingerprint density at radius 1 is 0.969 bits per heavy atom. The van der Waals surface area contributed by atoms with Gasteiger partial charge in [-0.05, 0) is 67.5 Å². The van der Waals surface area contributed by atoms with Crippen LogP contribution < -0.4 is 15.0 Å². The number of piperidine rings is 2. The Bertz CT molecular complexity index is 1050. The molecule has 2 fully saturated rings. The highest BCUT2D eigenvalue weighted by molar-refractivity contribution is 5.83. The van der Waals surface area contributed by atoms with Crippen LogP contribution in [-0.4, -0.2) is 55.2 Å². The SMILES string of the molecule is COc1ccc(N2CCC(NC(=O)N3CCC(c4c[nH]c5ccccc45)CC3)CC2)cc1. The summed E-state index contributed by atoms with van der Waals surface area (Å²) >= 11 is 0. The summed E-state index contributed by atoms with van der Waals surface area (Å²) in [6.07, 6.45) is 6.14. The largest absolute Gasteiger partial charge is 0.497 e. The lowest BCUT2D eigenvalue weighted by Crippen LogP contribution is -2.50. The summed E-state index contributed by atoms with van der Waals surface area (Å²) < 4.78 is 5.25. The van der Waals surface area contributed by atoms with Crippen LogP contribution >= 0.6 is 0 Å². The molecule has 2 amide bonds. The van der Waals surface area contributed by atoms with Gasteiger partial charge in [-0.15, -0.1) is 0 Å². The number of urea groups is 1. The standard InChI is InChI=1S/C26H32N4O2/c1-32-22-8-6-21(7-9-22)29-16-12-20(13-17-29)28-26(31)30-14-10-19(11-15-30)24-18-27-25-5-3-2-4-23(24)25/h2-9,18-20,27H,10-17H2,1H3,(H,28,31). The van der Waals surface area contributed by atoms with E-state index < -0.39 is 0 Å². The Morgan fingerprint density at radius 3 is 2.41 bits per heavy atom. The van der Waals surface area contributed by atoms with E-state index in [-0.39, 0.29) is 12.1 Å². The molecule has 0 unspecified atom stereocenters. The van der Waals surface area contributed by atoms with Crippen molar-refractivity contribution in [1.82, 2.24) is 15.2 Å². The first-order chi connectivity index (χ1) is 15.7. The average molecular weight is 433 g/mol. The molecule has 0 bridgehead atoms. The zero-order valence-corrected chi connectivity index (χ0v) is 18.7. The molecule has 3 aromatic rings. The third-order valence-corrected chi connectivity index (χ3v) is 7.10. The van der Waals surface area contributed by atoms with Crippen LogP contribution in [0.5, 0.6) is 5.75 Å². The van der Waals surface area contributed by atoms with Crippen molar-refractivity contribution < 1.29 is 9.53 Å². The van der Waals surface area contributed by atoms with E-state index in [9.17, 15) is 4.79 Å². The summed E-state index contributed by atoms with van der Waals surface area (Å²) in [5, 5.41) is 4.61. The Labute approximate surface area is 189 Å². The first kappa shape index (κ1) is 20.7. The van der Waals surface area contributed by atoms with Gasteiger partial charge in [-0.2, -0.15) is 0 Å². The first-order valence-corrected chi connectivity index (χ1v) is 11.7. The fraction of sp³-hybridized carbons (Fsp3) is 0.423. The second-order valence-corrected chi connectivity index (χ2v) is 8.96. The molecule has 0 saturated carbocycles. The number of hydrogen-bond acceptors (Lipinski definition) is 3. The number of para-hydroxylation sites is 1. The maximum absolute atomic E-state index is 12.9. The number of methoxy groups -OCH3 is 1. The van der Waals surface area contributed by atoms with Crippen molar-refractivity contribution >= 4 is 22.6 Å². The summed E-state index contributed by atoms with van der Waals surface area (Å²) in [6, 6.07) is 17.1. The number of benzene rings is 2. The molecule has 2 saturated heterocycles. The van der Waals surface area contributed by atoms with Crippen LogP contribution in [0.1, 0.15) is 37.2 Å². The summed E-state index contributed by atoms with van der Waals surface area (Å²) in [4.78, 5) is 20.7. The molecule has 5 rings (SSSR count). The third-order valence-electron chi connectivity index (χ3n) is 7.10. The molecule has 32 heavy (non-hydrogen) atoms. The smallest absolute Gasteiger partial charge is 0.317 e. The topological polar surface area (TPSA) is 60.6 Å². The van der Waals surface area contributed by atoms with Gasteiger partial charge in [0.1, 0.15) is 5.75 Å². The first-order valence-electron chi connectivity index (χ1n) is 11.7. The highest BCUT2D eigenvalue weighted by atomic mass is 16.5. The van der Waals surface area contributed by atoms with E-state index in [1.54, 1.807) is 7.11 Å². The molecule has 6 nitrogen and oxygen atoms in total.